The van der Waals surface area contributed by atoms with Gasteiger partial charge in [0.2, 0.25) is 5.91 Å². The quantitative estimate of drug-likeness (QED) is 0.592. The molecule has 1 amide bonds. The smallest absolute Gasteiger partial charge is 0.293 e. The lowest BCUT2D eigenvalue weighted by molar-refractivity contribution is -0.145. The van der Waals surface area contributed by atoms with Crippen molar-refractivity contribution in [2.75, 3.05) is 5.32 Å². The van der Waals surface area contributed by atoms with Crippen LogP contribution in [0, 0.1) is 0 Å². The average molecular weight is 411 g/mol. The topological polar surface area (TPSA) is 68.3 Å². The van der Waals surface area contributed by atoms with Crippen molar-refractivity contribution in [1.29, 1.82) is 0 Å². The molecule has 0 bridgehead atoms. The van der Waals surface area contributed by atoms with Gasteiger partial charge < -0.3 is 10.1 Å². The number of anilines is 1. The van der Waals surface area contributed by atoms with Gasteiger partial charge in [-0.05, 0) is 62.3 Å². The van der Waals surface area contributed by atoms with Crippen LogP contribution in [0.15, 0.2) is 29.6 Å². The van der Waals surface area contributed by atoms with E-state index in [9.17, 15) is 9.59 Å². The van der Waals surface area contributed by atoms with Crippen molar-refractivity contribution < 1.29 is 14.3 Å². The van der Waals surface area contributed by atoms with Crippen LogP contribution < -0.4 is 5.32 Å². The van der Waals surface area contributed by atoms with Crippen LogP contribution in [-0.4, -0.2) is 23.0 Å². The monoisotopic (exact) mass is 410 g/mol. The average Bonchev–Trinajstić information content (AvgIpc) is 3.29. The van der Waals surface area contributed by atoms with E-state index in [0.717, 1.165) is 41.9 Å². The van der Waals surface area contributed by atoms with Crippen molar-refractivity contribution in [3.63, 3.8) is 0 Å². The number of hydrogen-bond acceptors (Lipinski definition) is 5. The first-order valence-electron chi connectivity index (χ1n) is 10.3. The van der Waals surface area contributed by atoms with Gasteiger partial charge in [0.25, 0.3) is 6.47 Å². The zero-order valence-electron chi connectivity index (χ0n) is 16.4. The summed E-state index contributed by atoms with van der Waals surface area (Å²) in [5, 5.41) is 6.12. The summed E-state index contributed by atoms with van der Waals surface area (Å²) in [6.45, 7) is 0.471. The highest BCUT2D eigenvalue weighted by Gasteiger charge is 2.37. The highest BCUT2D eigenvalue weighted by molar-refractivity contribution is 7.10. The summed E-state index contributed by atoms with van der Waals surface area (Å²) in [5.74, 6) is 0.526. The Labute approximate surface area is 175 Å². The summed E-state index contributed by atoms with van der Waals surface area (Å²) < 4.78 is 5.28. The van der Waals surface area contributed by atoms with Gasteiger partial charge in [-0.1, -0.05) is 24.6 Å². The van der Waals surface area contributed by atoms with E-state index in [-0.39, 0.29) is 12.3 Å². The second kappa shape index (κ2) is 8.91. The van der Waals surface area contributed by atoms with Crippen LogP contribution in [0.25, 0.3) is 12.2 Å². The van der Waals surface area contributed by atoms with Crippen molar-refractivity contribution in [3.05, 3.63) is 45.9 Å². The van der Waals surface area contributed by atoms with Gasteiger partial charge in [0.1, 0.15) is 10.6 Å². The molecule has 0 aliphatic heterocycles. The number of benzene rings is 1. The SMILES string of the molecule is O=COC1(CC(=O)Nc2cccc(/C=C/c3nc(C4CCC4)cs3)c2)CCCC1. The van der Waals surface area contributed by atoms with Crippen molar-refractivity contribution in [2.24, 2.45) is 0 Å². The molecular weight excluding hydrogens is 384 g/mol. The zero-order valence-corrected chi connectivity index (χ0v) is 17.2. The summed E-state index contributed by atoms with van der Waals surface area (Å²) in [4.78, 5) is 28.1. The summed E-state index contributed by atoms with van der Waals surface area (Å²) in [7, 11) is 0. The third-order valence-corrected chi connectivity index (χ3v) is 6.78. The maximum Gasteiger partial charge on any atom is 0.293 e. The highest BCUT2D eigenvalue weighted by atomic mass is 32.1. The number of carbonyl (C=O) groups is 2. The van der Waals surface area contributed by atoms with Gasteiger partial charge in [-0.25, -0.2) is 4.98 Å². The predicted molar refractivity (Wildman–Crippen MR) is 116 cm³/mol. The van der Waals surface area contributed by atoms with E-state index >= 15 is 0 Å². The van der Waals surface area contributed by atoms with E-state index in [4.69, 9.17) is 9.72 Å². The molecule has 0 saturated heterocycles. The Kier molecular flexibility index (Phi) is 6.09. The lowest BCUT2D eigenvalue weighted by Gasteiger charge is -2.26. The second-order valence-electron chi connectivity index (χ2n) is 8.03. The van der Waals surface area contributed by atoms with Gasteiger partial charge in [0, 0.05) is 17.0 Å². The van der Waals surface area contributed by atoms with Crippen LogP contribution in [0.3, 0.4) is 0 Å². The minimum Gasteiger partial charge on any atom is -0.461 e. The first-order chi connectivity index (χ1) is 14.2. The van der Waals surface area contributed by atoms with Crippen LogP contribution in [0.2, 0.25) is 0 Å². The summed E-state index contributed by atoms with van der Waals surface area (Å²) in [6.07, 6.45) is 11.6. The number of aromatic nitrogens is 1. The van der Waals surface area contributed by atoms with Crippen LogP contribution in [0.5, 0.6) is 0 Å². The van der Waals surface area contributed by atoms with Gasteiger partial charge >= 0.3 is 0 Å². The van der Waals surface area contributed by atoms with Crippen molar-refractivity contribution in [1.82, 2.24) is 4.98 Å². The fraction of sp³-hybridized carbons (Fsp3) is 0.435. The number of nitrogens with one attached hydrogen (secondary N) is 1. The van der Waals surface area contributed by atoms with E-state index in [0.29, 0.717) is 12.4 Å². The molecule has 2 aliphatic carbocycles. The lowest BCUT2D eigenvalue weighted by atomic mass is 9.83. The third-order valence-electron chi connectivity index (χ3n) is 5.95. The normalized spacial score (nSPS) is 18.5. The predicted octanol–water partition coefficient (Wildman–Crippen LogP) is 5.40. The number of nitrogens with zero attached hydrogens (tertiary/aromatic N) is 1. The van der Waals surface area contributed by atoms with E-state index in [1.165, 1.54) is 25.0 Å². The lowest BCUT2D eigenvalue weighted by Crippen LogP contribution is -2.34. The van der Waals surface area contributed by atoms with Gasteiger partial charge in [-0.2, -0.15) is 0 Å². The molecule has 5 nitrogen and oxygen atoms in total. The fourth-order valence-electron chi connectivity index (χ4n) is 4.11. The minimum absolute atomic E-state index is 0.125. The van der Waals surface area contributed by atoms with E-state index < -0.39 is 5.60 Å². The molecule has 0 spiro atoms. The summed E-state index contributed by atoms with van der Waals surface area (Å²) >= 11 is 1.67. The second-order valence-corrected chi connectivity index (χ2v) is 8.92. The Morgan fingerprint density at radius 2 is 2.07 bits per heavy atom. The number of carbonyl (C=O) groups excluding carboxylic acids is 2. The molecule has 2 aromatic rings. The van der Waals surface area contributed by atoms with Crippen LogP contribution in [0.1, 0.15) is 73.5 Å². The van der Waals surface area contributed by atoms with Gasteiger partial charge in [0.05, 0.1) is 12.1 Å². The van der Waals surface area contributed by atoms with Gasteiger partial charge in [-0.3, -0.25) is 9.59 Å². The van der Waals surface area contributed by atoms with Crippen LogP contribution >= 0.6 is 11.3 Å². The molecule has 6 heteroatoms. The van der Waals surface area contributed by atoms with E-state index in [2.05, 4.69) is 10.7 Å². The number of amides is 1. The molecule has 4 rings (SSSR count). The number of ether oxygens (including phenoxy) is 1. The minimum atomic E-state index is -0.633. The molecule has 2 aliphatic rings. The number of thiazole rings is 1. The largest absolute Gasteiger partial charge is 0.461 e. The summed E-state index contributed by atoms with van der Waals surface area (Å²) in [6, 6.07) is 7.73. The number of rotatable bonds is 8. The van der Waals surface area contributed by atoms with Gasteiger partial charge in [-0.15, -0.1) is 11.3 Å². The van der Waals surface area contributed by atoms with Crippen LogP contribution in [-0.2, 0) is 14.3 Å². The molecule has 0 unspecified atom stereocenters. The van der Waals surface area contributed by atoms with Crippen LogP contribution in [0.4, 0.5) is 5.69 Å². The molecule has 1 N–H and O–H groups in total. The molecule has 0 atom stereocenters. The molecule has 1 aromatic carbocycles. The molecule has 152 valence electrons. The molecule has 1 aromatic heterocycles. The highest BCUT2D eigenvalue weighted by Crippen LogP contribution is 2.37. The molecule has 29 heavy (non-hydrogen) atoms. The maximum absolute atomic E-state index is 12.5. The molecule has 2 saturated carbocycles. The first-order valence-corrected chi connectivity index (χ1v) is 11.2. The fourth-order valence-corrected chi connectivity index (χ4v) is 4.90. The number of hydrogen-bond donors (Lipinski definition) is 1. The Morgan fingerprint density at radius 3 is 2.79 bits per heavy atom. The Hall–Kier alpha value is -2.47. The van der Waals surface area contributed by atoms with E-state index in [1.54, 1.807) is 11.3 Å². The molecule has 2 fully saturated rings. The molecule has 0 radical (unpaired) electrons. The molecule has 1 heterocycles. The maximum atomic E-state index is 12.5. The van der Waals surface area contributed by atoms with Crippen molar-refractivity contribution in [2.45, 2.75) is 62.9 Å². The van der Waals surface area contributed by atoms with Gasteiger partial charge in [0.15, 0.2) is 0 Å². The van der Waals surface area contributed by atoms with Crippen molar-refractivity contribution >= 4 is 41.6 Å². The Bertz CT molecular complexity index is 895. The van der Waals surface area contributed by atoms with Crippen molar-refractivity contribution in [3.8, 4) is 0 Å². The van der Waals surface area contributed by atoms with E-state index in [1.807, 2.05) is 36.4 Å². The molecular formula is C23H26N2O3S. The zero-order chi connectivity index (χ0) is 20.1. The summed E-state index contributed by atoms with van der Waals surface area (Å²) in [5.41, 5.74) is 2.33. The third kappa shape index (κ3) is 4.93. The Balaban J connectivity index is 1.37. The first kappa shape index (κ1) is 19.8. The Morgan fingerprint density at radius 1 is 1.24 bits per heavy atom. The standard InChI is InChI=1S/C23H26N2O3S/c26-16-28-23(11-1-2-12-23)14-21(27)24-19-8-3-5-17(13-19)9-10-22-25-20(15-29-22)18-6-4-7-18/h3,5,8-10,13,15-16,18H,1-2,4,6-7,11-12,14H2,(H,24,27)/b10-9+.